The summed E-state index contributed by atoms with van der Waals surface area (Å²) in [5.74, 6) is 5.10. The molecule has 1 aromatic rings. The molecule has 0 aromatic carbocycles. The molecule has 1 rings (SSSR count). The first-order valence-electron chi connectivity index (χ1n) is 1.75. The van der Waals surface area contributed by atoms with Crippen molar-refractivity contribution in [3.8, 4) is 0 Å². The number of nitrogens with zero attached hydrogens (tertiary/aromatic N) is 2. The van der Waals surface area contributed by atoms with Gasteiger partial charge in [0.2, 0.25) is 0 Å². The molecule has 0 fully saturated rings. The lowest BCUT2D eigenvalue weighted by atomic mass is 10.8. The van der Waals surface area contributed by atoms with Crippen LogP contribution in [0.1, 0.15) is 0 Å². The van der Waals surface area contributed by atoms with Crippen molar-refractivity contribution >= 4 is 24.0 Å². The molecule has 5 heteroatoms. The first kappa shape index (κ1) is 7.59. The summed E-state index contributed by atoms with van der Waals surface area (Å²) in [7, 11) is 0. The molecule has 0 aliphatic rings. The maximum atomic E-state index is 5.35. The largest absolute Gasteiger partial charge is 0.323 e. The molecule has 0 saturated carbocycles. The Morgan fingerprint density at radius 3 is 2.50 bits per heavy atom. The van der Waals surface area contributed by atoms with Gasteiger partial charge in [-0.1, -0.05) is 11.6 Å². The Balaban J connectivity index is 0.000000490. The Morgan fingerprint density at radius 2 is 2.38 bits per heavy atom. The molecule has 1 heterocycles. The summed E-state index contributed by atoms with van der Waals surface area (Å²) in [6, 6.07) is 1.61. The monoisotopic (exact) mass is 153 g/mol. The molecular formula is C3H5Cl2N3. The number of rotatable bonds is 0. The molecule has 0 amide bonds. The molecule has 0 atom stereocenters. The summed E-state index contributed by atoms with van der Waals surface area (Å²) in [6.45, 7) is 0. The zero-order chi connectivity index (χ0) is 5.28. The maximum absolute atomic E-state index is 5.35. The van der Waals surface area contributed by atoms with Gasteiger partial charge in [-0.2, -0.15) is 4.79 Å². The van der Waals surface area contributed by atoms with E-state index in [9.17, 15) is 0 Å². The molecule has 0 aliphatic heterocycles. The molecule has 0 saturated heterocycles. The predicted octanol–water partition coefficient (Wildman–Crippen LogP) is 0.672. The number of hydrogen-bond acceptors (Lipinski definition) is 2. The summed E-state index contributed by atoms with van der Waals surface area (Å²) in [6.07, 6.45) is 1.57. The zero-order valence-corrected chi connectivity index (χ0v) is 5.49. The second kappa shape index (κ2) is 2.79. The molecular weight excluding hydrogens is 149 g/mol. The topological polar surface area (TPSA) is 43.8 Å². The van der Waals surface area contributed by atoms with Crippen molar-refractivity contribution in [3.05, 3.63) is 17.4 Å². The van der Waals surface area contributed by atoms with E-state index in [1.165, 1.54) is 0 Å². The smallest absolute Gasteiger partial charge is 0.153 e. The molecule has 2 N–H and O–H groups in total. The molecule has 0 unspecified atom stereocenters. The van der Waals surface area contributed by atoms with E-state index in [1.807, 2.05) is 0 Å². The van der Waals surface area contributed by atoms with Gasteiger partial charge in [0.05, 0.1) is 0 Å². The van der Waals surface area contributed by atoms with E-state index in [0.717, 1.165) is 4.79 Å². The molecule has 0 aliphatic carbocycles. The standard InChI is InChI=1S/C3H4ClN3.ClH/c4-3-1-2-7(5)6-3;/h1-2H,5H2;1H. The number of nitrogens with two attached hydrogens (primary N) is 1. The average molecular weight is 154 g/mol. The fourth-order valence-electron chi connectivity index (χ4n) is 0.315. The minimum atomic E-state index is 0. The number of halogens is 2. The number of hydrogen-bond donors (Lipinski definition) is 1. The summed E-state index contributed by atoms with van der Waals surface area (Å²) in [5, 5.41) is 3.99. The lowest BCUT2D eigenvalue weighted by Gasteiger charge is -1.80. The van der Waals surface area contributed by atoms with Gasteiger partial charge >= 0.3 is 0 Å². The van der Waals surface area contributed by atoms with Crippen LogP contribution in [0, 0.1) is 0 Å². The Hall–Kier alpha value is -0.410. The third kappa shape index (κ3) is 1.60. The lowest BCUT2D eigenvalue weighted by molar-refractivity contribution is 0.832. The highest BCUT2D eigenvalue weighted by Crippen LogP contribution is 1.98. The Labute approximate surface area is 57.8 Å². The predicted molar refractivity (Wildman–Crippen MR) is 34.6 cm³/mol. The third-order valence-electron chi connectivity index (χ3n) is 0.576. The van der Waals surface area contributed by atoms with Crippen molar-refractivity contribution in [2.24, 2.45) is 0 Å². The first-order chi connectivity index (χ1) is 3.29. The fourth-order valence-corrected chi connectivity index (χ4v) is 0.458. The van der Waals surface area contributed by atoms with Gasteiger partial charge in [-0.25, -0.2) is 0 Å². The fraction of sp³-hybridized carbons (Fsp3) is 0. The van der Waals surface area contributed by atoms with Gasteiger partial charge in [0.1, 0.15) is 0 Å². The van der Waals surface area contributed by atoms with E-state index < -0.39 is 0 Å². The molecule has 0 radical (unpaired) electrons. The van der Waals surface area contributed by atoms with Crippen LogP contribution >= 0.6 is 24.0 Å². The molecule has 0 spiro atoms. The summed E-state index contributed by atoms with van der Waals surface area (Å²) in [4.78, 5) is 1.16. The van der Waals surface area contributed by atoms with Gasteiger partial charge in [0.25, 0.3) is 0 Å². The Morgan fingerprint density at radius 1 is 1.75 bits per heavy atom. The van der Waals surface area contributed by atoms with Crippen LogP contribution in [0.25, 0.3) is 0 Å². The molecule has 1 aromatic heterocycles. The summed E-state index contributed by atoms with van der Waals surface area (Å²) in [5.41, 5.74) is 0. The first-order valence-corrected chi connectivity index (χ1v) is 2.13. The van der Waals surface area contributed by atoms with Gasteiger partial charge in [0, 0.05) is 6.20 Å². The SMILES string of the molecule is Cl.Nn1ccc(Cl)n1. The second-order valence-electron chi connectivity index (χ2n) is 1.12. The van der Waals surface area contributed by atoms with E-state index >= 15 is 0 Å². The van der Waals surface area contributed by atoms with Crippen LogP contribution in [-0.4, -0.2) is 9.89 Å². The highest BCUT2D eigenvalue weighted by atomic mass is 35.5. The van der Waals surface area contributed by atoms with Crippen LogP contribution < -0.4 is 5.84 Å². The van der Waals surface area contributed by atoms with Gasteiger partial charge in [-0.05, 0) is 6.07 Å². The van der Waals surface area contributed by atoms with E-state index in [2.05, 4.69) is 5.10 Å². The minimum Gasteiger partial charge on any atom is -0.323 e. The van der Waals surface area contributed by atoms with Crippen molar-refractivity contribution in [1.82, 2.24) is 9.89 Å². The summed E-state index contributed by atoms with van der Waals surface area (Å²) < 4.78 is 0. The van der Waals surface area contributed by atoms with Crippen LogP contribution in [0.15, 0.2) is 12.3 Å². The van der Waals surface area contributed by atoms with Gasteiger partial charge in [0.15, 0.2) is 5.15 Å². The van der Waals surface area contributed by atoms with Crippen LogP contribution in [0.3, 0.4) is 0 Å². The van der Waals surface area contributed by atoms with E-state index in [1.54, 1.807) is 12.3 Å². The molecule has 0 bridgehead atoms. The number of nitrogen functional groups attached to an aromatic ring is 1. The van der Waals surface area contributed by atoms with Crippen LogP contribution in [0.4, 0.5) is 0 Å². The molecule has 46 valence electrons. The molecule has 3 nitrogen and oxygen atoms in total. The van der Waals surface area contributed by atoms with E-state index in [0.29, 0.717) is 5.15 Å². The van der Waals surface area contributed by atoms with Crippen LogP contribution in [0.2, 0.25) is 5.15 Å². The van der Waals surface area contributed by atoms with E-state index in [-0.39, 0.29) is 12.4 Å². The van der Waals surface area contributed by atoms with Gasteiger partial charge < -0.3 is 5.84 Å². The van der Waals surface area contributed by atoms with Crippen molar-refractivity contribution in [2.45, 2.75) is 0 Å². The average Bonchev–Trinajstić information content (AvgIpc) is 1.87. The number of aromatic nitrogens is 2. The minimum absolute atomic E-state index is 0. The van der Waals surface area contributed by atoms with E-state index in [4.69, 9.17) is 17.4 Å². The Kier molecular flexibility index (Phi) is 2.65. The highest BCUT2D eigenvalue weighted by Gasteiger charge is 1.85. The van der Waals surface area contributed by atoms with Crippen LogP contribution in [-0.2, 0) is 0 Å². The van der Waals surface area contributed by atoms with Crippen LogP contribution in [0.5, 0.6) is 0 Å². The Bertz CT molecular complexity index is 145. The maximum Gasteiger partial charge on any atom is 0.153 e. The quantitative estimate of drug-likeness (QED) is 0.558. The zero-order valence-electron chi connectivity index (χ0n) is 3.91. The lowest BCUT2D eigenvalue weighted by Crippen LogP contribution is -2.07. The van der Waals surface area contributed by atoms with Gasteiger partial charge in [-0.15, -0.1) is 17.5 Å². The van der Waals surface area contributed by atoms with Crippen molar-refractivity contribution in [3.63, 3.8) is 0 Å². The molecule has 8 heavy (non-hydrogen) atoms. The van der Waals surface area contributed by atoms with Gasteiger partial charge in [-0.3, -0.25) is 0 Å². The summed E-state index contributed by atoms with van der Waals surface area (Å²) >= 11 is 5.35. The van der Waals surface area contributed by atoms with Crippen molar-refractivity contribution < 1.29 is 0 Å². The third-order valence-corrected chi connectivity index (χ3v) is 0.777. The second-order valence-corrected chi connectivity index (χ2v) is 1.51. The van der Waals surface area contributed by atoms with Crippen molar-refractivity contribution in [1.29, 1.82) is 0 Å². The van der Waals surface area contributed by atoms with Crippen molar-refractivity contribution in [2.75, 3.05) is 5.84 Å². The highest BCUT2D eigenvalue weighted by molar-refractivity contribution is 6.29. The normalized spacial score (nSPS) is 8.12.